The number of carbonyl (C=O) groups is 3. The number of methoxy groups -OCH3 is 1. The van der Waals surface area contributed by atoms with Gasteiger partial charge in [-0.05, 0) is 80.1 Å². The second kappa shape index (κ2) is 12.8. The van der Waals surface area contributed by atoms with Crippen molar-refractivity contribution in [2.24, 2.45) is 0 Å². The Kier molecular flexibility index (Phi) is 8.62. The zero-order chi connectivity index (χ0) is 31.7. The van der Waals surface area contributed by atoms with E-state index in [4.69, 9.17) is 14.2 Å². The zero-order valence-corrected chi connectivity index (χ0v) is 25.8. The lowest BCUT2D eigenvalue weighted by atomic mass is 10.1. The predicted molar refractivity (Wildman–Crippen MR) is 166 cm³/mol. The molecule has 2 aromatic carbocycles. The van der Waals surface area contributed by atoms with Gasteiger partial charge in [-0.25, -0.2) is 0 Å². The number of nitrogens with one attached hydrogen (secondary N) is 2. The van der Waals surface area contributed by atoms with Crippen LogP contribution in [0.2, 0.25) is 0 Å². The number of aromatic nitrogens is 1. The number of H-pyrrole nitrogens is 1. The number of ether oxygens (including phenoxy) is 3. The summed E-state index contributed by atoms with van der Waals surface area (Å²) in [4.78, 5) is 59.0. The largest absolute Gasteiger partial charge is 0.493 e. The first kappa shape index (κ1) is 30.4. The van der Waals surface area contributed by atoms with Crippen LogP contribution in [0.15, 0.2) is 53.3 Å². The molecule has 2 fully saturated rings. The van der Waals surface area contributed by atoms with E-state index in [0.29, 0.717) is 34.9 Å². The first-order valence-corrected chi connectivity index (χ1v) is 15.3. The second-order valence-electron chi connectivity index (χ2n) is 12.1. The van der Waals surface area contributed by atoms with Crippen LogP contribution < -0.4 is 20.3 Å². The van der Waals surface area contributed by atoms with Crippen molar-refractivity contribution in [1.82, 2.24) is 20.1 Å². The van der Waals surface area contributed by atoms with Crippen molar-refractivity contribution in [3.63, 3.8) is 0 Å². The van der Waals surface area contributed by atoms with E-state index in [1.165, 1.54) is 0 Å². The van der Waals surface area contributed by atoms with Crippen LogP contribution in [0.4, 0.5) is 0 Å². The van der Waals surface area contributed by atoms with E-state index in [1.54, 1.807) is 36.8 Å². The van der Waals surface area contributed by atoms with Crippen molar-refractivity contribution in [3.8, 4) is 17.2 Å². The molecule has 0 unspecified atom stereocenters. The monoisotopic (exact) mass is 614 g/mol. The molecule has 1 aromatic heterocycles. The van der Waals surface area contributed by atoms with Gasteiger partial charge < -0.3 is 34.3 Å². The highest BCUT2D eigenvalue weighted by Crippen LogP contribution is 2.34. The molecule has 1 aliphatic carbocycles. The van der Waals surface area contributed by atoms with E-state index in [0.717, 1.165) is 24.0 Å². The molecule has 7 rings (SSSR count). The van der Waals surface area contributed by atoms with Gasteiger partial charge in [-0.15, -0.1) is 0 Å². The molecule has 45 heavy (non-hydrogen) atoms. The fourth-order valence-corrected chi connectivity index (χ4v) is 6.11. The van der Waals surface area contributed by atoms with Gasteiger partial charge in [-0.3, -0.25) is 19.2 Å². The number of benzene rings is 2. The fourth-order valence-electron chi connectivity index (χ4n) is 6.11. The SMILES string of the molecule is COc1cc2ccc1Oc1cccc(c1)CO[C@H]1CN(C(=O)c3c(C)cc(C)[nH]c3=O)C[C@@H]1NC(=O)CN(C1CC1)C(=O)CC2. The topological polar surface area (TPSA) is 130 Å². The Morgan fingerprint density at radius 3 is 2.56 bits per heavy atom. The van der Waals surface area contributed by atoms with E-state index < -0.39 is 23.6 Å². The molecule has 236 valence electrons. The molecule has 3 aromatic rings. The summed E-state index contributed by atoms with van der Waals surface area (Å²) in [7, 11) is 1.58. The highest BCUT2D eigenvalue weighted by atomic mass is 16.5. The molecule has 3 aliphatic heterocycles. The first-order valence-electron chi connectivity index (χ1n) is 15.3. The summed E-state index contributed by atoms with van der Waals surface area (Å²) < 4.78 is 18.1. The standard InChI is InChI=1S/C34H38N4O7/c1-20-13-21(2)35-33(41)32(20)34(42)37-16-26-29(17-37)44-19-23-5-4-6-25(14-23)45-27-11-7-22(15-28(27)43-3)8-12-31(40)38(24-9-10-24)18-30(39)36-26/h4-7,11,13-15,24,26,29H,8-10,12,16-19H2,1-3H3,(H,35,41)(H,36,39)/t26-,29-/m0/s1. The Morgan fingerprint density at radius 2 is 1.80 bits per heavy atom. The molecule has 11 heteroatoms. The molecule has 0 radical (unpaired) electrons. The maximum Gasteiger partial charge on any atom is 0.261 e. The van der Waals surface area contributed by atoms with Gasteiger partial charge in [-0.1, -0.05) is 18.2 Å². The van der Waals surface area contributed by atoms with Crippen molar-refractivity contribution in [2.45, 2.75) is 64.3 Å². The average molecular weight is 615 g/mol. The van der Waals surface area contributed by atoms with Gasteiger partial charge in [0.2, 0.25) is 11.8 Å². The highest BCUT2D eigenvalue weighted by Gasteiger charge is 2.40. The van der Waals surface area contributed by atoms with Crippen LogP contribution in [0.1, 0.15) is 52.0 Å². The quantitative estimate of drug-likeness (QED) is 0.463. The Morgan fingerprint density at radius 1 is 0.978 bits per heavy atom. The minimum absolute atomic E-state index is 0.0407. The molecular weight excluding hydrogens is 576 g/mol. The van der Waals surface area contributed by atoms with Gasteiger partial charge >= 0.3 is 0 Å². The summed E-state index contributed by atoms with van der Waals surface area (Å²) in [6, 6.07) is 14.4. The van der Waals surface area contributed by atoms with Gasteiger partial charge in [0, 0.05) is 31.2 Å². The number of fused-ring (bicyclic) bond motifs is 9. The molecule has 4 aliphatic rings. The summed E-state index contributed by atoms with van der Waals surface area (Å²) in [5.41, 5.74) is 2.65. The number of hydrogen-bond donors (Lipinski definition) is 2. The number of nitrogens with zero attached hydrogens (tertiary/aromatic N) is 2. The normalized spacial score (nSPS) is 20.9. The molecule has 4 bridgehead atoms. The summed E-state index contributed by atoms with van der Waals surface area (Å²) in [5, 5.41) is 3.04. The maximum absolute atomic E-state index is 13.6. The average Bonchev–Trinajstić information content (AvgIpc) is 3.77. The lowest BCUT2D eigenvalue weighted by molar-refractivity contribution is -0.137. The number of aryl methyl sites for hydroxylation is 3. The van der Waals surface area contributed by atoms with Crippen LogP contribution in [0.25, 0.3) is 0 Å². The summed E-state index contributed by atoms with van der Waals surface area (Å²) in [5.74, 6) is 0.872. The smallest absolute Gasteiger partial charge is 0.261 e. The van der Waals surface area contributed by atoms with Crippen LogP contribution in [-0.4, -0.2) is 77.4 Å². The Labute approximate surface area is 261 Å². The first-order chi connectivity index (χ1) is 21.7. The molecule has 1 saturated heterocycles. The molecule has 1 saturated carbocycles. The van der Waals surface area contributed by atoms with Crippen LogP contribution in [0.5, 0.6) is 17.2 Å². The molecule has 2 N–H and O–H groups in total. The molecule has 2 atom stereocenters. The molecule has 0 spiro atoms. The number of hydrogen-bond acceptors (Lipinski definition) is 7. The molecular formula is C34H38N4O7. The van der Waals surface area contributed by atoms with Gasteiger partial charge in [0.05, 0.1) is 32.4 Å². The minimum atomic E-state index is -0.549. The summed E-state index contributed by atoms with van der Waals surface area (Å²) >= 11 is 0. The number of aromatic amines is 1. The van der Waals surface area contributed by atoms with Crippen molar-refractivity contribution in [1.29, 1.82) is 0 Å². The van der Waals surface area contributed by atoms with Gasteiger partial charge in [0.1, 0.15) is 11.3 Å². The molecule has 3 amide bonds. The zero-order valence-electron chi connectivity index (χ0n) is 25.8. The fraction of sp³-hybridized carbons (Fsp3) is 0.412. The minimum Gasteiger partial charge on any atom is -0.493 e. The van der Waals surface area contributed by atoms with Gasteiger partial charge in [-0.2, -0.15) is 0 Å². The van der Waals surface area contributed by atoms with E-state index in [-0.39, 0.29) is 56.1 Å². The number of carbonyl (C=O) groups excluding carboxylic acids is 3. The van der Waals surface area contributed by atoms with Crippen LogP contribution >= 0.6 is 0 Å². The lowest BCUT2D eigenvalue weighted by Gasteiger charge is -2.25. The lowest BCUT2D eigenvalue weighted by Crippen LogP contribution is -2.49. The molecule has 4 heterocycles. The van der Waals surface area contributed by atoms with Gasteiger partial charge in [0.15, 0.2) is 11.5 Å². The Bertz CT molecular complexity index is 1680. The number of pyridine rings is 1. The second-order valence-corrected chi connectivity index (χ2v) is 12.1. The maximum atomic E-state index is 13.6. The third-order valence-corrected chi connectivity index (χ3v) is 8.55. The number of rotatable bonds is 3. The van der Waals surface area contributed by atoms with E-state index in [1.807, 2.05) is 42.5 Å². The number of likely N-dealkylation sites (tertiary alicyclic amines) is 1. The van der Waals surface area contributed by atoms with Gasteiger partial charge in [0.25, 0.3) is 11.5 Å². The summed E-state index contributed by atoms with van der Waals surface area (Å²) in [6.45, 7) is 3.97. The number of amides is 3. The van der Waals surface area contributed by atoms with Crippen LogP contribution in [0, 0.1) is 13.8 Å². The summed E-state index contributed by atoms with van der Waals surface area (Å²) in [6.07, 6.45) is 1.91. The Balaban J connectivity index is 1.29. The van der Waals surface area contributed by atoms with Crippen molar-refractivity contribution < 1.29 is 28.6 Å². The van der Waals surface area contributed by atoms with E-state index in [2.05, 4.69) is 10.3 Å². The Hall–Kier alpha value is -4.64. The van der Waals surface area contributed by atoms with Crippen molar-refractivity contribution in [3.05, 3.63) is 86.8 Å². The highest BCUT2D eigenvalue weighted by molar-refractivity contribution is 5.95. The predicted octanol–water partition coefficient (Wildman–Crippen LogP) is 3.26. The van der Waals surface area contributed by atoms with Crippen molar-refractivity contribution >= 4 is 17.7 Å². The van der Waals surface area contributed by atoms with E-state index >= 15 is 0 Å². The third kappa shape index (κ3) is 6.88. The van der Waals surface area contributed by atoms with E-state index in [9.17, 15) is 19.2 Å². The van der Waals surface area contributed by atoms with Crippen LogP contribution in [-0.2, 0) is 27.4 Å². The third-order valence-electron chi connectivity index (χ3n) is 8.55. The molecule has 11 nitrogen and oxygen atoms in total. The van der Waals surface area contributed by atoms with Crippen molar-refractivity contribution in [2.75, 3.05) is 26.7 Å². The van der Waals surface area contributed by atoms with Crippen LogP contribution in [0.3, 0.4) is 0 Å².